The topological polar surface area (TPSA) is 74.9 Å². The van der Waals surface area contributed by atoms with Crippen LogP contribution in [0.2, 0.25) is 0 Å². The number of ether oxygens (including phenoxy) is 1. The first-order chi connectivity index (χ1) is 15.7. The maximum absolute atomic E-state index is 13.1. The van der Waals surface area contributed by atoms with E-state index in [4.69, 9.17) is 9.15 Å². The Labute approximate surface area is 212 Å². The van der Waals surface area contributed by atoms with Gasteiger partial charge in [0.05, 0.1) is 18.9 Å². The molecule has 2 N–H and O–H groups in total. The number of guanidine groups is 1. The number of aromatic nitrogens is 1. The van der Waals surface area contributed by atoms with Crippen LogP contribution < -0.4 is 10.6 Å². The van der Waals surface area contributed by atoms with Gasteiger partial charge in [-0.2, -0.15) is 0 Å². The van der Waals surface area contributed by atoms with Crippen molar-refractivity contribution in [3.8, 4) is 11.5 Å². The van der Waals surface area contributed by atoms with Crippen molar-refractivity contribution in [2.24, 2.45) is 4.99 Å². The second-order valence-electron chi connectivity index (χ2n) is 8.64. The van der Waals surface area contributed by atoms with Gasteiger partial charge >= 0.3 is 0 Å². The SMILES string of the molecule is CN=C(NCCc1coc(-c2ccc(F)cc2)n1)NCC1(N2CCOCC2)CCCCC1.I. The molecular weight excluding hydrogens is 536 g/mol. The zero-order valence-electron chi connectivity index (χ0n) is 19.3. The highest BCUT2D eigenvalue weighted by atomic mass is 127. The van der Waals surface area contributed by atoms with Crippen molar-refractivity contribution in [2.75, 3.05) is 46.4 Å². The summed E-state index contributed by atoms with van der Waals surface area (Å²) in [6.45, 7) is 5.26. The fourth-order valence-electron chi connectivity index (χ4n) is 4.78. The molecule has 182 valence electrons. The Hall–Kier alpha value is -1.72. The molecule has 1 aromatic heterocycles. The normalized spacial score (nSPS) is 19.0. The van der Waals surface area contributed by atoms with Crippen molar-refractivity contribution in [3.05, 3.63) is 42.0 Å². The minimum atomic E-state index is -0.271. The molecule has 1 saturated carbocycles. The molecule has 9 heteroatoms. The van der Waals surface area contributed by atoms with Crippen LogP contribution in [0.3, 0.4) is 0 Å². The summed E-state index contributed by atoms with van der Waals surface area (Å²) in [6.07, 6.45) is 8.72. The molecule has 2 aliphatic rings. The molecular formula is C24H35FIN5O2. The van der Waals surface area contributed by atoms with E-state index < -0.39 is 0 Å². The predicted molar refractivity (Wildman–Crippen MR) is 139 cm³/mol. The number of aliphatic imine (C=N–C) groups is 1. The Bertz CT molecular complexity index is 877. The molecule has 1 aliphatic heterocycles. The molecule has 0 bridgehead atoms. The van der Waals surface area contributed by atoms with E-state index in [2.05, 4.69) is 25.5 Å². The number of rotatable bonds is 7. The van der Waals surface area contributed by atoms with E-state index in [1.54, 1.807) is 25.4 Å². The Morgan fingerprint density at radius 2 is 1.85 bits per heavy atom. The van der Waals surface area contributed by atoms with Crippen LogP contribution in [0.15, 0.2) is 39.9 Å². The molecule has 1 aromatic carbocycles. The van der Waals surface area contributed by atoms with Crippen molar-refractivity contribution in [1.82, 2.24) is 20.5 Å². The van der Waals surface area contributed by atoms with Crippen LogP contribution in [-0.4, -0.2) is 67.8 Å². The lowest BCUT2D eigenvalue weighted by atomic mass is 9.80. The minimum Gasteiger partial charge on any atom is -0.444 e. The van der Waals surface area contributed by atoms with Crippen LogP contribution in [0.5, 0.6) is 0 Å². The average Bonchev–Trinajstić information content (AvgIpc) is 3.32. The maximum Gasteiger partial charge on any atom is 0.226 e. The molecule has 0 unspecified atom stereocenters. The Kier molecular flexibility index (Phi) is 9.94. The summed E-state index contributed by atoms with van der Waals surface area (Å²) < 4.78 is 24.3. The second-order valence-corrected chi connectivity index (χ2v) is 8.64. The van der Waals surface area contributed by atoms with Crippen molar-refractivity contribution in [3.63, 3.8) is 0 Å². The predicted octanol–water partition coefficient (Wildman–Crippen LogP) is 3.84. The molecule has 2 fully saturated rings. The van der Waals surface area contributed by atoms with Gasteiger partial charge in [0.15, 0.2) is 5.96 Å². The fraction of sp³-hybridized carbons (Fsp3) is 0.583. The highest BCUT2D eigenvalue weighted by molar-refractivity contribution is 14.0. The standard InChI is InChI=1S/C24H34FN5O2.HI/c1-26-23(28-18-24(10-3-2-4-11-24)30-13-15-31-16-14-30)27-12-9-21-17-32-22(29-21)19-5-7-20(25)8-6-19;/h5-8,17H,2-4,9-16,18H2,1H3,(H2,26,27,28);1H. The lowest BCUT2D eigenvalue weighted by Gasteiger charge is -2.48. The van der Waals surface area contributed by atoms with Crippen molar-refractivity contribution in [2.45, 2.75) is 44.1 Å². The summed E-state index contributed by atoms with van der Waals surface area (Å²) in [5.74, 6) is 1.05. The highest BCUT2D eigenvalue weighted by Crippen LogP contribution is 2.33. The van der Waals surface area contributed by atoms with Gasteiger partial charge in [-0.3, -0.25) is 9.89 Å². The van der Waals surface area contributed by atoms with E-state index in [0.717, 1.165) is 50.1 Å². The van der Waals surface area contributed by atoms with E-state index in [0.29, 0.717) is 18.9 Å². The van der Waals surface area contributed by atoms with Crippen LogP contribution in [0.4, 0.5) is 4.39 Å². The number of morpholine rings is 1. The lowest BCUT2D eigenvalue weighted by Crippen LogP contribution is -2.60. The van der Waals surface area contributed by atoms with Gasteiger partial charge in [0, 0.05) is 50.7 Å². The van der Waals surface area contributed by atoms with Crippen LogP contribution in [0.1, 0.15) is 37.8 Å². The molecule has 4 rings (SSSR count). The number of benzene rings is 1. The molecule has 7 nitrogen and oxygen atoms in total. The molecule has 0 amide bonds. The van der Waals surface area contributed by atoms with Gasteiger partial charge in [0.2, 0.25) is 5.89 Å². The number of nitrogens with one attached hydrogen (secondary N) is 2. The zero-order valence-corrected chi connectivity index (χ0v) is 21.6. The van der Waals surface area contributed by atoms with Gasteiger partial charge in [-0.1, -0.05) is 19.3 Å². The number of oxazole rings is 1. The van der Waals surface area contributed by atoms with Crippen LogP contribution in [-0.2, 0) is 11.2 Å². The maximum atomic E-state index is 13.1. The Morgan fingerprint density at radius 3 is 2.55 bits per heavy atom. The van der Waals surface area contributed by atoms with Crippen molar-refractivity contribution < 1.29 is 13.5 Å². The molecule has 2 aromatic rings. The molecule has 2 heterocycles. The number of halogens is 2. The summed E-state index contributed by atoms with van der Waals surface area (Å²) in [7, 11) is 1.81. The van der Waals surface area contributed by atoms with Gasteiger partial charge in [0.25, 0.3) is 0 Å². The summed E-state index contributed by atoms with van der Waals surface area (Å²) in [5, 5.41) is 6.98. The first-order valence-electron chi connectivity index (χ1n) is 11.7. The molecule has 0 atom stereocenters. The van der Waals surface area contributed by atoms with E-state index in [1.165, 1.54) is 44.2 Å². The summed E-state index contributed by atoms with van der Waals surface area (Å²) in [5.41, 5.74) is 1.81. The minimum absolute atomic E-state index is 0. The lowest BCUT2D eigenvalue weighted by molar-refractivity contribution is -0.0352. The van der Waals surface area contributed by atoms with Gasteiger partial charge in [-0.15, -0.1) is 24.0 Å². The fourth-order valence-corrected chi connectivity index (χ4v) is 4.78. The molecule has 1 aliphatic carbocycles. The quantitative estimate of drug-likeness (QED) is 0.299. The third kappa shape index (κ3) is 6.89. The van der Waals surface area contributed by atoms with Crippen molar-refractivity contribution in [1.29, 1.82) is 0 Å². The van der Waals surface area contributed by atoms with E-state index in [9.17, 15) is 4.39 Å². The number of hydrogen-bond acceptors (Lipinski definition) is 5. The highest BCUT2D eigenvalue weighted by Gasteiger charge is 2.38. The summed E-state index contributed by atoms with van der Waals surface area (Å²) >= 11 is 0. The largest absolute Gasteiger partial charge is 0.444 e. The number of nitrogens with zero attached hydrogens (tertiary/aromatic N) is 3. The van der Waals surface area contributed by atoms with Crippen LogP contribution >= 0.6 is 24.0 Å². The Morgan fingerprint density at radius 1 is 1.12 bits per heavy atom. The Balaban J connectivity index is 0.00000306. The average molecular weight is 571 g/mol. The van der Waals surface area contributed by atoms with Crippen LogP contribution in [0, 0.1) is 5.82 Å². The number of hydrogen-bond donors (Lipinski definition) is 2. The molecule has 1 saturated heterocycles. The van der Waals surface area contributed by atoms with E-state index in [1.807, 2.05) is 0 Å². The smallest absolute Gasteiger partial charge is 0.226 e. The van der Waals surface area contributed by atoms with Gasteiger partial charge in [-0.25, -0.2) is 9.37 Å². The van der Waals surface area contributed by atoms with Crippen LogP contribution in [0.25, 0.3) is 11.5 Å². The first kappa shape index (κ1) is 25.9. The third-order valence-electron chi connectivity index (χ3n) is 6.59. The van der Waals surface area contributed by atoms with E-state index >= 15 is 0 Å². The van der Waals surface area contributed by atoms with E-state index in [-0.39, 0.29) is 35.3 Å². The zero-order chi connectivity index (χ0) is 22.2. The summed E-state index contributed by atoms with van der Waals surface area (Å²) in [6, 6.07) is 6.16. The molecule has 0 spiro atoms. The summed E-state index contributed by atoms with van der Waals surface area (Å²) in [4.78, 5) is 11.6. The monoisotopic (exact) mass is 571 g/mol. The molecule has 33 heavy (non-hydrogen) atoms. The first-order valence-corrected chi connectivity index (χ1v) is 11.7. The van der Waals surface area contributed by atoms with Gasteiger partial charge in [-0.05, 0) is 37.1 Å². The second kappa shape index (κ2) is 12.7. The third-order valence-corrected chi connectivity index (χ3v) is 6.59. The van der Waals surface area contributed by atoms with Gasteiger partial charge in [0.1, 0.15) is 12.1 Å². The van der Waals surface area contributed by atoms with Gasteiger partial charge < -0.3 is 19.8 Å². The van der Waals surface area contributed by atoms with Crippen molar-refractivity contribution >= 4 is 29.9 Å². The molecule has 0 radical (unpaired) electrons.